The fourth-order valence-electron chi connectivity index (χ4n) is 4.23. The number of hydrogen-bond donors (Lipinski definition) is 2. The average Bonchev–Trinajstić information content (AvgIpc) is 2.94. The number of hydrogen-bond acceptors (Lipinski definition) is 6. The van der Waals surface area contributed by atoms with Crippen molar-refractivity contribution in [2.24, 2.45) is 5.16 Å². The lowest BCUT2D eigenvalue weighted by Gasteiger charge is -2.13. The van der Waals surface area contributed by atoms with Gasteiger partial charge in [0.1, 0.15) is 5.76 Å². The van der Waals surface area contributed by atoms with Crippen molar-refractivity contribution >= 4 is 34.1 Å². The molecule has 0 aliphatic carbocycles. The van der Waals surface area contributed by atoms with Crippen LogP contribution in [-0.4, -0.2) is 34.0 Å². The molecule has 0 aliphatic rings. The summed E-state index contributed by atoms with van der Waals surface area (Å²) in [6.45, 7) is 12.0. The van der Waals surface area contributed by atoms with E-state index in [9.17, 15) is 9.59 Å². The number of oxime groups is 1. The first-order chi connectivity index (χ1) is 19.2. The van der Waals surface area contributed by atoms with Gasteiger partial charge in [0.25, 0.3) is 11.8 Å². The maximum absolute atomic E-state index is 13.5. The number of pyridine rings is 2. The molecule has 0 unspecified atom stereocenters. The third-order valence-electron chi connectivity index (χ3n) is 6.13. The number of fused-ring (bicyclic) bond motifs is 1. The van der Waals surface area contributed by atoms with Crippen molar-refractivity contribution in [1.29, 1.82) is 0 Å². The molecule has 40 heavy (non-hydrogen) atoms. The highest BCUT2D eigenvalue weighted by atomic mass is 16.6. The van der Waals surface area contributed by atoms with Gasteiger partial charge in [0.2, 0.25) is 0 Å². The van der Waals surface area contributed by atoms with E-state index in [1.165, 1.54) is 0 Å². The van der Waals surface area contributed by atoms with Crippen LogP contribution in [0.1, 0.15) is 58.5 Å². The number of benzene rings is 2. The quantitative estimate of drug-likeness (QED) is 0.103. The van der Waals surface area contributed by atoms with E-state index in [4.69, 9.17) is 9.82 Å². The van der Waals surface area contributed by atoms with Crippen molar-refractivity contribution in [3.8, 4) is 11.3 Å². The lowest BCUT2D eigenvalue weighted by atomic mass is 9.99. The molecule has 2 amide bonds. The third-order valence-corrected chi connectivity index (χ3v) is 6.13. The summed E-state index contributed by atoms with van der Waals surface area (Å²) in [6.07, 6.45) is 4.70. The first kappa shape index (κ1) is 28.2. The number of carbonyl (C=O) groups is 2. The third kappa shape index (κ3) is 7.17. The van der Waals surface area contributed by atoms with Crippen LogP contribution < -0.4 is 10.6 Å². The van der Waals surface area contributed by atoms with Gasteiger partial charge in [-0.15, -0.1) is 0 Å². The van der Waals surface area contributed by atoms with Crippen molar-refractivity contribution in [3.63, 3.8) is 0 Å². The predicted molar refractivity (Wildman–Crippen MR) is 159 cm³/mol. The van der Waals surface area contributed by atoms with Gasteiger partial charge < -0.3 is 15.5 Å². The standard InChI is InChI=1S/C32H33N5O3/c1-20(2)37-40-23(5)8-6-15-34-31(38)24-10-12-26(13-11-24)35-32(39)28-18-29(25-9-7-14-33-19-25)36-30-22(4)16-21(3)17-27(28)30/h7,9-14,16-19H,5-6,8,15H2,1-4H3,(H,34,38)(H,35,39). The number of rotatable bonds is 10. The summed E-state index contributed by atoms with van der Waals surface area (Å²) in [7, 11) is 0. The molecule has 204 valence electrons. The zero-order chi connectivity index (χ0) is 28.6. The zero-order valence-corrected chi connectivity index (χ0v) is 23.2. The van der Waals surface area contributed by atoms with E-state index in [2.05, 4.69) is 33.4 Å². The van der Waals surface area contributed by atoms with Crippen molar-refractivity contribution in [1.82, 2.24) is 15.3 Å². The first-order valence-corrected chi connectivity index (χ1v) is 13.1. The molecule has 0 fully saturated rings. The summed E-state index contributed by atoms with van der Waals surface area (Å²) < 4.78 is 0. The fraction of sp³-hybridized carbons (Fsp3) is 0.219. The zero-order valence-electron chi connectivity index (χ0n) is 23.2. The number of anilines is 1. The van der Waals surface area contributed by atoms with Crippen LogP contribution in [0, 0.1) is 13.8 Å². The highest BCUT2D eigenvalue weighted by Gasteiger charge is 2.17. The summed E-state index contributed by atoms with van der Waals surface area (Å²) in [5.74, 6) is 0.0965. The van der Waals surface area contributed by atoms with E-state index in [0.29, 0.717) is 47.7 Å². The van der Waals surface area contributed by atoms with Gasteiger partial charge in [-0.25, -0.2) is 4.98 Å². The lowest BCUT2D eigenvalue weighted by molar-refractivity contribution is 0.0951. The largest absolute Gasteiger partial charge is 0.362 e. The predicted octanol–water partition coefficient (Wildman–Crippen LogP) is 6.60. The monoisotopic (exact) mass is 535 g/mol. The normalized spacial score (nSPS) is 10.6. The Labute approximate surface area is 234 Å². The van der Waals surface area contributed by atoms with E-state index < -0.39 is 0 Å². The molecular formula is C32H33N5O3. The van der Waals surface area contributed by atoms with Crippen LogP contribution in [0.3, 0.4) is 0 Å². The molecule has 0 radical (unpaired) electrons. The van der Waals surface area contributed by atoms with Gasteiger partial charge in [0.15, 0.2) is 0 Å². The highest BCUT2D eigenvalue weighted by Crippen LogP contribution is 2.28. The van der Waals surface area contributed by atoms with Crippen molar-refractivity contribution in [2.75, 3.05) is 11.9 Å². The van der Waals surface area contributed by atoms with Crippen LogP contribution in [0.2, 0.25) is 0 Å². The molecule has 2 aromatic heterocycles. The molecule has 2 heterocycles. The summed E-state index contributed by atoms with van der Waals surface area (Å²) in [5, 5.41) is 10.5. The Morgan fingerprint density at radius 2 is 1.80 bits per heavy atom. The first-order valence-electron chi connectivity index (χ1n) is 13.1. The second-order valence-corrected chi connectivity index (χ2v) is 9.83. The molecule has 0 atom stereocenters. The number of amides is 2. The van der Waals surface area contributed by atoms with Crippen LogP contribution >= 0.6 is 0 Å². The number of carbonyl (C=O) groups excluding carboxylic acids is 2. The van der Waals surface area contributed by atoms with Crippen molar-refractivity contribution < 1.29 is 14.4 Å². The van der Waals surface area contributed by atoms with E-state index in [0.717, 1.165) is 33.3 Å². The van der Waals surface area contributed by atoms with Crippen molar-refractivity contribution in [2.45, 2.75) is 40.5 Å². The number of aryl methyl sites for hydroxylation is 2. The van der Waals surface area contributed by atoms with Crippen LogP contribution in [0.25, 0.3) is 22.2 Å². The van der Waals surface area contributed by atoms with Gasteiger partial charge in [0.05, 0.1) is 22.5 Å². The molecular weight excluding hydrogens is 502 g/mol. The molecule has 4 aromatic rings. The summed E-state index contributed by atoms with van der Waals surface area (Å²) in [6, 6.07) is 16.4. The van der Waals surface area contributed by atoms with Gasteiger partial charge in [-0.3, -0.25) is 14.6 Å². The molecule has 0 bridgehead atoms. The van der Waals surface area contributed by atoms with Gasteiger partial charge in [0, 0.05) is 47.6 Å². The van der Waals surface area contributed by atoms with Gasteiger partial charge in [-0.1, -0.05) is 23.4 Å². The second kappa shape index (κ2) is 12.8. The Hall–Kier alpha value is -4.85. The SMILES string of the molecule is C=C(CCCNC(=O)c1ccc(NC(=O)c2cc(-c3cccnc3)nc3c(C)cc(C)cc23)cc1)ON=C(C)C. The van der Waals surface area contributed by atoms with Crippen molar-refractivity contribution in [3.05, 3.63) is 102 Å². The topological polar surface area (TPSA) is 106 Å². The Kier molecular flexibility index (Phi) is 9.01. The summed E-state index contributed by atoms with van der Waals surface area (Å²) in [5.41, 5.74) is 6.72. The number of allylic oxidation sites excluding steroid dienone is 1. The minimum Gasteiger partial charge on any atom is -0.362 e. The number of nitrogens with one attached hydrogen (secondary N) is 2. The van der Waals surface area contributed by atoms with Crippen LogP contribution in [0.4, 0.5) is 5.69 Å². The highest BCUT2D eigenvalue weighted by molar-refractivity contribution is 6.13. The van der Waals surface area contributed by atoms with Crippen LogP contribution in [-0.2, 0) is 4.84 Å². The second-order valence-electron chi connectivity index (χ2n) is 9.83. The molecule has 2 N–H and O–H groups in total. The molecule has 8 nitrogen and oxygen atoms in total. The molecule has 8 heteroatoms. The van der Waals surface area contributed by atoms with E-state index in [1.54, 1.807) is 42.7 Å². The maximum atomic E-state index is 13.5. The number of nitrogens with zero attached hydrogens (tertiary/aromatic N) is 3. The Morgan fingerprint density at radius 1 is 1.02 bits per heavy atom. The van der Waals surface area contributed by atoms with Gasteiger partial charge >= 0.3 is 0 Å². The van der Waals surface area contributed by atoms with E-state index in [1.807, 2.05) is 45.9 Å². The Bertz CT molecular complexity index is 1570. The lowest BCUT2D eigenvalue weighted by Crippen LogP contribution is -2.24. The Balaban J connectivity index is 1.45. The van der Waals surface area contributed by atoms with Crippen LogP contribution in [0.5, 0.6) is 0 Å². The van der Waals surface area contributed by atoms with Gasteiger partial charge in [-0.05, 0) is 88.2 Å². The van der Waals surface area contributed by atoms with E-state index >= 15 is 0 Å². The molecule has 2 aromatic carbocycles. The van der Waals surface area contributed by atoms with Gasteiger partial charge in [-0.2, -0.15) is 0 Å². The molecule has 0 aliphatic heterocycles. The molecule has 0 saturated carbocycles. The molecule has 0 spiro atoms. The maximum Gasteiger partial charge on any atom is 0.256 e. The smallest absolute Gasteiger partial charge is 0.256 e. The summed E-state index contributed by atoms with van der Waals surface area (Å²) >= 11 is 0. The van der Waals surface area contributed by atoms with Crippen LogP contribution in [0.15, 0.2) is 84.5 Å². The summed E-state index contributed by atoms with van der Waals surface area (Å²) in [4.78, 5) is 40.3. The average molecular weight is 536 g/mol. The molecule has 4 rings (SSSR count). The van der Waals surface area contributed by atoms with E-state index in [-0.39, 0.29) is 11.8 Å². The Morgan fingerprint density at radius 3 is 2.50 bits per heavy atom. The minimum atomic E-state index is -0.259. The molecule has 0 saturated heterocycles. The fourth-order valence-corrected chi connectivity index (χ4v) is 4.23. The number of aromatic nitrogens is 2. The minimum absolute atomic E-state index is 0.195.